The average Bonchev–Trinajstić information content (AvgIpc) is 2.74. The number of carboxylic acids is 1. The summed E-state index contributed by atoms with van der Waals surface area (Å²) in [6, 6.07) is 0. The molecule has 1 aliphatic carbocycles. The first-order valence-corrected chi connectivity index (χ1v) is 5.64. The predicted molar refractivity (Wildman–Crippen MR) is 58.0 cm³/mol. The maximum atomic E-state index is 11.8. The van der Waals surface area contributed by atoms with E-state index < -0.39 is 11.4 Å². The number of aliphatic carboxylic acids is 1. The SMILES string of the molecule is COCCCNC(=O)C1(C(=O)O)CCCC1. The molecule has 0 radical (unpaired) electrons. The molecular weight excluding hydrogens is 210 g/mol. The highest BCUT2D eigenvalue weighted by molar-refractivity contribution is 6.02. The van der Waals surface area contributed by atoms with Crippen molar-refractivity contribution >= 4 is 11.9 Å². The molecule has 0 bridgehead atoms. The Morgan fingerprint density at radius 1 is 1.38 bits per heavy atom. The Labute approximate surface area is 95.2 Å². The Morgan fingerprint density at radius 3 is 2.50 bits per heavy atom. The Morgan fingerprint density at radius 2 is 2.00 bits per heavy atom. The van der Waals surface area contributed by atoms with Gasteiger partial charge in [0, 0.05) is 20.3 Å². The number of ether oxygens (including phenoxy) is 1. The van der Waals surface area contributed by atoms with Gasteiger partial charge in [0.05, 0.1) is 0 Å². The number of carboxylic acid groups (broad SMARTS) is 1. The van der Waals surface area contributed by atoms with Crippen LogP contribution in [-0.2, 0) is 14.3 Å². The minimum atomic E-state index is -1.17. The van der Waals surface area contributed by atoms with Gasteiger partial charge in [-0.2, -0.15) is 0 Å². The normalized spacial score (nSPS) is 18.3. The predicted octanol–water partition coefficient (Wildman–Crippen LogP) is 0.784. The molecule has 1 rings (SSSR count). The van der Waals surface area contributed by atoms with Crippen LogP contribution in [0.2, 0.25) is 0 Å². The highest BCUT2D eigenvalue weighted by atomic mass is 16.5. The van der Waals surface area contributed by atoms with E-state index in [-0.39, 0.29) is 5.91 Å². The molecule has 1 aliphatic rings. The van der Waals surface area contributed by atoms with Crippen LogP contribution in [0.5, 0.6) is 0 Å². The van der Waals surface area contributed by atoms with Crippen LogP contribution in [0, 0.1) is 5.41 Å². The molecule has 0 spiro atoms. The van der Waals surface area contributed by atoms with Gasteiger partial charge in [-0.3, -0.25) is 9.59 Å². The van der Waals surface area contributed by atoms with Gasteiger partial charge >= 0.3 is 5.97 Å². The third-order valence-electron chi connectivity index (χ3n) is 3.11. The van der Waals surface area contributed by atoms with Crippen molar-refractivity contribution in [3.8, 4) is 0 Å². The van der Waals surface area contributed by atoms with Gasteiger partial charge < -0.3 is 15.2 Å². The summed E-state index contributed by atoms with van der Waals surface area (Å²) in [4.78, 5) is 23.0. The van der Waals surface area contributed by atoms with Crippen LogP contribution in [0.3, 0.4) is 0 Å². The molecule has 1 saturated carbocycles. The van der Waals surface area contributed by atoms with Crippen LogP contribution in [-0.4, -0.2) is 37.2 Å². The van der Waals surface area contributed by atoms with Crippen molar-refractivity contribution in [3.63, 3.8) is 0 Å². The van der Waals surface area contributed by atoms with Gasteiger partial charge in [0.1, 0.15) is 5.41 Å². The maximum absolute atomic E-state index is 11.8. The molecule has 2 N–H and O–H groups in total. The highest BCUT2D eigenvalue weighted by Gasteiger charge is 2.47. The lowest BCUT2D eigenvalue weighted by molar-refractivity contribution is -0.155. The summed E-state index contributed by atoms with van der Waals surface area (Å²) >= 11 is 0. The van der Waals surface area contributed by atoms with Crippen molar-refractivity contribution in [3.05, 3.63) is 0 Å². The van der Waals surface area contributed by atoms with Crippen molar-refractivity contribution in [1.82, 2.24) is 5.32 Å². The number of nitrogens with one attached hydrogen (secondary N) is 1. The Kier molecular flexibility index (Phi) is 4.73. The maximum Gasteiger partial charge on any atom is 0.319 e. The monoisotopic (exact) mass is 229 g/mol. The van der Waals surface area contributed by atoms with E-state index in [1.165, 1.54) is 0 Å². The lowest BCUT2D eigenvalue weighted by Crippen LogP contribution is -2.45. The summed E-state index contributed by atoms with van der Waals surface area (Å²) in [6.07, 6.45) is 3.25. The zero-order chi connectivity index (χ0) is 12.0. The molecule has 0 aromatic rings. The molecule has 0 unspecified atom stereocenters. The van der Waals surface area contributed by atoms with E-state index in [1.54, 1.807) is 7.11 Å². The minimum Gasteiger partial charge on any atom is -0.480 e. The molecule has 0 aromatic carbocycles. The minimum absolute atomic E-state index is 0.339. The number of amides is 1. The van der Waals surface area contributed by atoms with Crippen LogP contribution < -0.4 is 5.32 Å². The number of hydrogen-bond acceptors (Lipinski definition) is 3. The molecule has 5 heteroatoms. The molecular formula is C11H19NO4. The quantitative estimate of drug-likeness (QED) is 0.521. The van der Waals surface area contributed by atoms with E-state index in [0.29, 0.717) is 32.4 Å². The Balaban J connectivity index is 2.46. The van der Waals surface area contributed by atoms with E-state index in [4.69, 9.17) is 9.84 Å². The van der Waals surface area contributed by atoms with Crippen LogP contribution in [0.15, 0.2) is 0 Å². The lowest BCUT2D eigenvalue weighted by Gasteiger charge is -2.22. The van der Waals surface area contributed by atoms with Gasteiger partial charge in [-0.25, -0.2) is 0 Å². The van der Waals surface area contributed by atoms with E-state index in [0.717, 1.165) is 12.8 Å². The van der Waals surface area contributed by atoms with E-state index in [9.17, 15) is 9.59 Å². The summed E-state index contributed by atoms with van der Waals surface area (Å²) in [7, 11) is 1.59. The highest BCUT2D eigenvalue weighted by Crippen LogP contribution is 2.38. The first-order valence-electron chi connectivity index (χ1n) is 5.64. The van der Waals surface area contributed by atoms with Gasteiger partial charge in [-0.1, -0.05) is 12.8 Å². The molecule has 1 fully saturated rings. The second-order valence-corrected chi connectivity index (χ2v) is 4.20. The molecule has 1 amide bonds. The molecule has 0 saturated heterocycles. The van der Waals surface area contributed by atoms with Gasteiger partial charge in [-0.05, 0) is 19.3 Å². The molecule has 0 atom stereocenters. The molecule has 92 valence electrons. The number of carbonyl (C=O) groups is 2. The fourth-order valence-electron chi connectivity index (χ4n) is 2.10. The van der Waals surface area contributed by atoms with Gasteiger partial charge in [-0.15, -0.1) is 0 Å². The summed E-state index contributed by atoms with van der Waals surface area (Å²) < 4.78 is 4.85. The smallest absolute Gasteiger partial charge is 0.319 e. The van der Waals surface area contributed by atoms with Gasteiger partial charge in [0.15, 0.2) is 0 Å². The third-order valence-corrected chi connectivity index (χ3v) is 3.11. The third kappa shape index (κ3) is 2.72. The van der Waals surface area contributed by atoms with Crippen molar-refractivity contribution in [2.75, 3.05) is 20.3 Å². The number of carbonyl (C=O) groups excluding carboxylic acids is 1. The largest absolute Gasteiger partial charge is 0.480 e. The van der Waals surface area contributed by atoms with Crippen LogP contribution in [0.4, 0.5) is 0 Å². The van der Waals surface area contributed by atoms with E-state index >= 15 is 0 Å². The Hall–Kier alpha value is -1.10. The van der Waals surface area contributed by atoms with Gasteiger partial charge in [0.25, 0.3) is 0 Å². The number of methoxy groups -OCH3 is 1. The zero-order valence-corrected chi connectivity index (χ0v) is 9.62. The lowest BCUT2D eigenvalue weighted by atomic mass is 9.85. The number of hydrogen-bond donors (Lipinski definition) is 2. The molecule has 16 heavy (non-hydrogen) atoms. The molecule has 5 nitrogen and oxygen atoms in total. The second kappa shape index (κ2) is 5.84. The zero-order valence-electron chi connectivity index (χ0n) is 9.62. The fraction of sp³-hybridized carbons (Fsp3) is 0.818. The Bertz CT molecular complexity index is 259. The van der Waals surface area contributed by atoms with E-state index in [1.807, 2.05) is 0 Å². The topological polar surface area (TPSA) is 75.6 Å². The first kappa shape index (κ1) is 13.0. The summed E-state index contributed by atoms with van der Waals surface area (Å²) in [5.41, 5.74) is -1.17. The van der Waals surface area contributed by atoms with Crippen LogP contribution in [0.25, 0.3) is 0 Å². The first-order chi connectivity index (χ1) is 7.63. The molecule has 0 heterocycles. The van der Waals surface area contributed by atoms with E-state index in [2.05, 4.69) is 5.32 Å². The fourth-order valence-corrected chi connectivity index (χ4v) is 2.10. The summed E-state index contributed by atoms with van der Waals surface area (Å²) in [5.74, 6) is -1.33. The van der Waals surface area contributed by atoms with Crippen molar-refractivity contribution < 1.29 is 19.4 Å². The standard InChI is InChI=1S/C11H19NO4/c1-16-8-4-7-12-9(13)11(10(14)15)5-2-3-6-11/h2-8H2,1H3,(H,12,13)(H,14,15). The second-order valence-electron chi connectivity index (χ2n) is 4.20. The van der Waals surface area contributed by atoms with Crippen LogP contribution >= 0.6 is 0 Å². The van der Waals surface area contributed by atoms with Crippen molar-refractivity contribution in [2.45, 2.75) is 32.1 Å². The van der Waals surface area contributed by atoms with Crippen LogP contribution in [0.1, 0.15) is 32.1 Å². The van der Waals surface area contributed by atoms with Gasteiger partial charge in [0.2, 0.25) is 5.91 Å². The molecule has 0 aromatic heterocycles. The number of rotatable bonds is 6. The average molecular weight is 229 g/mol. The van der Waals surface area contributed by atoms with Crippen molar-refractivity contribution in [2.24, 2.45) is 5.41 Å². The summed E-state index contributed by atoms with van der Waals surface area (Å²) in [5, 5.41) is 11.8. The summed E-state index contributed by atoms with van der Waals surface area (Å²) in [6.45, 7) is 1.04. The van der Waals surface area contributed by atoms with Crippen molar-refractivity contribution in [1.29, 1.82) is 0 Å². The molecule has 0 aliphatic heterocycles.